The van der Waals surface area contributed by atoms with Crippen LogP contribution in [0, 0.1) is 6.92 Å². The molecule has 3 aromatic rings. The van der Waals surface area contributed by atoms with Crippen LogP contribution in [0.1, 0.15) is 18.2 Å². The Kier molecular flexibility index (Phi) is 7.55. The highest BCUT2D eigenvalue weighted by Gasteiger charge is 2.15. The molecule has 1 aromatic heterocycles. The van der Waals surface area contributed by atoms with Gasteiger partial charge < -0.3 is 20.1 Å². The number of ether oxygens (including phenoxy) is 2. The maximum Gasteiger partial charge on any atom is 0.325 e. The van der Waals surface area contributed by atoms with Crippen molar-refractivity contribution < 1.29 is 19.1 Å². The Hall–Kier alpha value is -3.03. The van der Waals surface area contributed by atoms with Crippen molar-refractivity contribution in [3.63, 3.8) is 0 Å². The SMILES string of the molecule is CCOC(=O)CNC(=O)Nc1ccc(Cl)c(COc2cccc3ccc(C)nc23)c1Cl. The molecule has 0 fully saturated rings. The highest BCUT2D eigenvalue weighted by atomic mass is 35.5. The van der Waals surface area contributed by atoms with Gasteiger partial charge in [-0.25, -0.2) is 9.78 Å². The van der Waals surface area contributed by atoms with Crippen LogP contribution in [0.5, 0.6) is 5.75 Å². The van der Waals surface area contributed by atoms with Gasteiger partial charge in [-0.2, -0.15) is 0 Å². The van der Waals surface area contributed by atoms with Crippen molar-refractivity contribution in [1.29, 1.82) is 0 Å². The van der Waals surface area contributed by atoms with E-state index in [2.05, 4.69) is 15.6 Å². The monoisotopic (exact) mass is 461 g/mol. The second kappa shape index (κ2) is 10.3. The summed E-state index contributed by atoms with van der Waals surface area (Å²) in [7, 11) is 0. The minimum Gasteiger partial charge on any atom is -0.487 e. The first-order valence-corrected chi connectivity index (χ1v) is 10.3. The van der Waals surface area contributed by atoms with Gasteiger partial charge in [0.05, 0.1) is 17.3 Å². The van der Waals surface area contributed by atoms with E-state index in [0.717, 1.165) is 16.6 Å². The van der Waals surface area contributed by atoms with Crippen molar-refractivity contribution in [2.24, 2.45) is 0 Å². The minimum atomic E-state index is -0.599. The van der Waals surface area contributed by atoms with Gasteiger partial charge in [-0.3, -0.25) is 4.79 Å². The molecule has 2 N–H and O–H groups in total. The molecule has 2 aromatic carbocycles. The number of hydrogen-bond acceptors (Lipinski definition) is 5. The zero-order chi connectivity index (χ0) is 22.4. The van der Waals surface area contributed by atoms with E-state index >= 15 is 0 Å². The van der Waals surface area contributed by atoms with Gasteiger partial charge in [0.15, 0.2) is 0 Å². The molecule has 0 atom stereocenters. The van der Waals surface area contributed by atoms with E-state index in [1.807, 2.05) is 37.3 Å². The summed E-state index contributed by atoms with van der Waals surface area (Å²) in [6, 6.07) is 12.1. The lowest BCUT2D eigenvalue weighted by molar-refractivity contribution is -0.141. The average Bonchev–Trinajstić information content (AvgIpc) is 2.74. The second-order valence-electron chi connectivity index (χ2n) is 6.57. The summed E-state index contributed by atoms with van der Waals surface area (Å²) in [6.07, 6.45) is 0. The molecule has 0 aliphatic heterocycles. The molecule has 162 valence electrons. The van der Waals surface area contributed by atoms with E-state index in [1.165, 1.54) is 0 Å². The number of para-hydroxylation sites is 1. The number of aromatic nitrogens is 1. The molecular formula is C22H21Cl2N3O4. The fraction of sp³-hybridized carbons (Fsp3) is 0.227. The summed E-state index contributed by atoms with van der Waals surface area (Å²) in [6.45, 7) is 3.65. The van der Waals surface area contributed by atoms with Gasteiger partial charge in [0.25, 0.3) is 0 Å². The topological polar surface area (TPSA) is 89.5 Å². The first-order chi connectivity index (χ1) is 14.9. The van der Waals surface area contributed by atoms with Gasteiger partial charge in [-0.15, -0.1) is 0 Å². The molecule has 31 heavy (non-hydrogen) atoms. The normalized spacial score (nSPS) is 10.6. The maximum absolute atomic E-state index is 12.1. The molecule has 0 saturated heterocycles. The first-order valence-electron chi connectivity index (χ1n) is 9.55. The Balaban J connectivity index is 1.73. The van der Waals surface area contributed by atoms with Gasteiger partial charge in [-0.05, 0) is 38.1 Å². The number of nitrogens with zero attached hydrogens (tertiary/aromatic N) is 1. The predicted octanol–water partition coefficient (Wildman–Crippen LogP) is 5.11. The molecule has 0 bridgehead atoms. The van der Waals surface area contributed by atoms with Gasteiger partial charge in [-0.1, -0.05) is 41.4 Å². The first kappa shape index (κ1) is 22.7. The van der Waals surface area contributed by atoms with Crippen LogP contribution in [0.4, 0.5) is 10.5 Å². The third-order valence-electron chi connectivity index (χ3n) is 4.33. The molecule has 0 unspecified atom stereocenters. The van der Waals surface area contributed by atoms with Crippen LogP contribution in [0.25, 0.3) is 10.9 Å². The minimum absolute atomic E-state index is 0.0758. The lowest BCUT2D eigenvalue weighted by Crippen LogP contribution is -2.34. The van der Waals surface area contributed by atoms with Crippen LogP contribution in [-0.4, -0.2) is 30.1 Å². The number of halogens is 2. The van der Waals surface area contributed by atoms with Crippen molar-refractivity contribution in [2.75, 3.05) is 18.5 Å². The number of aryl methyl sites for hydroxylation is 1. The summed E-state index contributed by atoms with van der Waals surface area (Å²) in [5.41, 5.74) is 2.45. The van der Waals surface area contributed by atoms with Crippen molar-refractivity contribution in [3.05, 3.63) is 63.8 Å². The van der Waals surface area contributed by atoms with E-state index in [-0.39, 0.29) is 24.8 Å². The maximum atomic E-state index is 12.1. The van der Waals surface area contributed by atoms with Crippen LogP contribution in [0.3, 0.4) is 0 Å². The van der Waals surface area contributed by atoms with E-state index in [4.69, 9.17) is 32.7 Å². The molecule has 0 radical (unpaired) electrons. The van der Waals surface area contributed by atoms with Gasteiger partial charge in [0.1, 0.15) is 24.4 Å². The zero-order valence-corrected chi connectivity index (χ0v) is 18.5. The van der Waals surface area contributed by atoms with Crippen molar-refractivity contribution in [2.45, 2.75) is 20.5 Å². The number of pyridine rings is 1. The Morgan fingerprint density at radius 1 is 1.10 bits per heavy atom. The van der Waals surface area contributed by atoms with Crippen molar-refractivity contribution in [1.82, 2.24) is 10.3 Å². The number of urea groups is 1. The van der Waals surface area contributed by atoms with Crippen LogP contribution >= 0.6 is 23.2 Å². The number of carbonyl (C=O) groups excluding carboxylic acids is 2. The Labute approximate surface area is 189 Å². The number of benzene rings is 2. The Morgan fingerprint density at radius 3 is 2.68 bits per heavy atom. The van der Waals surface area contributed by atoms with E-state index in [0.29, 0.717) is 22.0 Å². The van der Waals surface area contributed by atoms with Crippen molar-refractivity contribution in [3.8, 4) is 5.75 Å². The van der Waals surface area contributed by atoms with Crippen molar-refractivity contribution >= 4 is 51.8 Å². The second-order valence-corrected chi connectivity index (χ2v) is 7.35. The van der Waals surface area contributed by atoms with Crippen LogP contribution in [0.2, 0.25) is 10.0 Å². The number of amides is 2. The van der Waals surface area contributed by atoms with Gasteiger partial charge in [0.2, 0.25) is 0 Å². The lowest BCUT2D eigenvalue weighted by atomic mass is 10.2. The fourth-order valence-electron chi connectivity index (χ4n) is 2.84. The molecule has 3 rings (SSSR count). The van der Waals surface area contributed by atoms with Gasteiger partial charge >= 0.3 is 12.0 Å². The number of fused-ring (bicyclic) bond motifs is 1. The van der Waals surface area contributed by atoms with E-state index < -0.39 is 12.0 Å². The highest BCUT2D eigenvalue weighted by Crippen LogP contribution is 2.33. The quantitative estimate of drug-likeness (QED) is 0.476. The Bertz CT molecular complexity index is 1120. The third kappa shape index (κ3) is 5.77. The fourth-order valence-corrected chi connectivity index (χ4v) is 3.37. The summed E-state index contributed by atoms with van der Waals surface area (Å²) in [5.74, 6) is 0.0618. The average molecular weight is 462 g/mol. The highest BCUT2D eigenvalue weighted by molar-refractivity contribution is 6.38. The summed E-state index contributed by atoms with van der Waals surface area (Å²) < 4.78 is 10.7. The summed E-state index contributed by atoms with van der Waals surface area (Å²) in [5, 5.41) is 6.59. The molecule has 7 nitrogen and oxygen atoms in total. The smallest absolute Gasteiger partial charge is 0.325 e. The van der Waals surface area contributed by atoms with Crippen LogP contribution < -0.4 is 15.4 Å². The number of esters is 1. The van der Waals surface area contributed by atoms with E-state index in [1.54, 1.807) is 19.1 Å². The lowest BCUT2D eigenvalue weighted by Gasteiger charge is -2.15. The number of hydrogen-bond donors (Lipinski definition) is 2. The molecule has 0 aliphatic rings. The summed E-state index contributed by atoms with van der Waals surface area (Å²) >= 11 is 12.8. The molecule has 1 heterocycles. The predicted molar refractivity (Wildman–Crippen MR) is 121 cm³/mol. The number of anilines is 1. The van der Waals surface area contributed by atoms with Gasteiger partial charge in [0, 0.05) is 21.7 Å². The van der Waals surface area contributed by atoms with Crippen LogP contribution in [0.15, 0.2) is 42.5 Å². The molecule has 0 aliphatic carbocycles. The number of rotatable bonds is 7. The van der Waals surface area contributed by atoms with E-state index in [9.17, 15) is 9.59 Å². The standard InChI is InChI=1S/C22H21Cl2N3O4/c1-3-30-19(28)11-25-22(29)27-17-10-9-16(23)15(20(17)24)12-31-18-6-4-5-14-8-7-13(2)26-21(14)18/h4-10H,3,11-12H2,1-2H3,(H2,25,27,29). The molecule has 0 saturated carbocycles. The largest absolute Gasteiger partial charge is 0.487 e. The molecule has 2 amide bonds. The zero-order valence-electron chi connectivity index (χ0n) is 17.0. The molecular weight excluding hydrogens is 441 g/mol. The third-order valence-corrected chi connectivity index (χ3v) is 5.11. The Morgan fingerprint density at radius 2 is 1.90 bits per heavy atom. The molecule has 9 heteroatoms. The molecule has 0 spiro atoms. The summed E-state index contributed by atoms with van der Waals surface area (Å²) in [4.78, 5) is 28.0. The number of nitrogens with one attached hydrogen (secondary N) is 2. The number of carbonyl (C=O) groups is 2. The van der Waals surface area contributed by atoms with Crippen LogP contribution in [-0.2, 0) is 16.1 Å².